The molecule has 0 aliphatic carbocycles. The van der Waals surface area contributed by atoms with E-state index >= 15 is 0 Å². The van der Waals surface area contributed by atoms with Crippen molar-refractivity contribution in [1.82, 2.24) is 4.83 Å². The van der Waals surface area contributed by atoms with Crippen molar-refractivity contribution in [3.63, 3.8) is 0 Å². The highest BCUT2D eigenvalue weighted by atomic mass is 79.9. The maximum Gasteiger partial charge on any atom is 0.276 e. The van der Waals surface area contributed by atoms with Gasteiger partial charge in [0.15, 0.2) is 0 Å². The zero-order valence-corrected chi connectivity index (χ0v) is 19.3. The van der Waals surface area contributed by atoms with Gasteiger partial charge in [-0.05, 0) is 72.3 Å². The molecule has 0 atom stereocenters. The lowest BCUT2D eigenvalue weighted by atomic mass is 10.1. The second-order valence-electron chi connectivity index (χ2n) is 6.34. The van der Waals surface area contributed by atoms with E-state index in [1.807, 2.05) is 30.3 Å². The largest absolute Gasteiger partial charge is 0.497 e. The van der Waals surface area contributed by atoms with E-state index in [0.717, 1.165) is 15.8 Å². The summed E-state index contributed by atoms with van der Waals surface area (Å²) in [5.74, 6) is 2.08. The highest BCUT2D eigenvalue weighted by Gasteiger charge is 2.12. The first kappa shape index (κ1) is 22.6. The van der Waals surface area contributed by atoms with Crippen molar-refractivity contribution in [2.24, 2.45) is 5.10 Å². The van der Waals surface area contributed by atoms with Crippen LogP contribution in [0.5, 0.6) is 17.2 Å². The third-order valence-electron chi connectivity index (χ3n) is 4.27. The Morgan fingerprint density at radius 1 is 0.935 bits per heavy atom. The van der Waals surface area contributed by atoms with Gasteiger partial charge in [0.2, 0.25) is 0 Å². The number of hydrogen-bond donors (Lipinski definition) is 1. The van der Waals surface area contributed by atoms with Gasteiger partial charge in [0.1, 0.15) is 23.9 Å². The number of nitrogens with zero attached hydrogens (tertiary/aromatic N) is 1. The first-order valence-electron chi connectivity index (χ1n) is 9.15. The van der Waals surface area contributed by atoms with Crippen LogP contribution in [0.3, 0.4) is 0 Å². The summed E-state index contributed by atoms with van der Waals surface area (Å²) >= 11 is 3.28. The molecule has 9 heteroatoms. The van der Waals surface area contributed by atoms with Gasteiger partial charge in [-0.25, -0.2) is 4.83 Å². The average molecular weight is 505 g/mol. The van der Waals surface area contributed by atoms with Crippen molar-refractivity contribution in [3.8, 4) is 17.2 Å². The lowest BCUT2D eigenvalue weighted by molar-refractivity contribution is 0.296. The number of methoxy groups -OCH3 is 2. The number of hydrazone groups is 1. The summed E-state index contributed by atoms with van der Waals surface area (Å²) in [5, 5.41) is 3.88. The molecule has 0 amide bonds. The third-order valence-corrected chi connectivity index (χ3v) is 6.04. The quantitative estimate of drug-likeness (QED) is 0.345. The topological polar surface area (TPSA) is 86.2 Å². The Bertz CT molecular complexity index is 1150. The molecule has 0 aliphatic rings. The number of halogens is 1. The maximum atomic E-state index is 12.3. The zero-order valence-electron chi connectivity index (χ0n) is 16.9. The molecule has 0 heterocycles. The zero-order chi connectivity index (χ0) is 22.3. The summed E-state index contributed by atoms with van der Waals surface area (Å²) in [5.41, 5.74) is 1.48. The molecule has 0 fully saturated rings. The van der Waals surface area contributed by atoms with E-state index in [9.17, 15) is 8.42 Å². The smallest absolute Gasteiger partial charge is 0.276 e. The minimum atomic E-state index is -3.75. The average Bonchev–Trinajstić information content (AvgIpc) is 2.78. The van der Waals surface area contributed by atoms with E-state index in [-0.39, 0.29) is 11.5 Å². The summed E-state index contributed by atoms with van der Waals surface area (Å²) in [4.78, 5) is 2.33. The Morgan fingerprint density at radius 2 is 1.61 bits per heavy atom. The van der Waals surface area contributed by atoms with Gasteiger partial charge in [-0.15, -0.1) is 0 Å². The van der Waals surface area contributed by atoms with E-state index in [2.05, 4.69) is 25.9 Å². The minimum Gasteiger partial charge on any atom is -0.497 e. The standard InChI is InChI=1S/C22H21BrN2O5S/c1-28-19-6-8-20(9-7-19)30-15-17-13-16(3-12-22(17)29-2)14-24-25-31(26,27)21-10-4-18(23)5-11-21/h3-14,25H,15H2,1-2H3/b24-14+. The molecule has 0 bridgehead atoms. The molecule has 0 aliphatic heterocycles. The molecular formula is C22H21BrN2O5S. The van der Waals surface area contributed by atoms with Gasteiger partial charge < -0.3 is 14.2 Å². The molecule has 0 spiro atoms. The van der Waals surface area contributed by atoms with Crippen molar-refractivity contribution in [2.75, 3.05) is 14.2 Å². The van der Waals surface area contributed by atoms with Crippen molar-refractivity contribution in [3.05, 3.63) is 82.3 Å². The van der Waals surface area contributed by atoms with E-state index < -0.39 is 10.0 Å². The molecule has 3 rings (SSSR count). The molecule has 0 saturated carbocycles. The van der Waals surface area contributed by atoms with Gasteiger partial charge in [-0.2, -0.15) is 13.5 Å². The number of rotatable bonds is 9. The van der Waals surface area contributed by atoms with Gasteiger partial charge in [-0.1, -0.05) is 15.9 Å². The third kappa shape index (κ3) is 6.22. The number of hydrogen-bond acceptors (Lipinski definition) is 6. The van der Waals surface area contributed by atoms with Crippen LogP contribution in [-0.4, -0.2) is 28.9 Å². The second-order valence-corrected chi connectivity index (χ2v) is 8.92. The Morgan fingerprint density at radius 3 is 2.26 bits per heavy atom. The predicted octanol–water partition coefficient (Wildman–Crippen LogP) is 4.36. The van der Waals surface area contributed by atoms with Crippen LogP contribution in [-0.2, 0) is 16.6 Å². The Labute approximate surface area is 189 Å². The molecule has 162 valence electrons. The van der Waals surface area contributed by atoms with Crippen LogP contribution in [0.4, 0.5) is 0 Å². The fourth-order valence-corrected chi connectivity index (χ4v) is 3.72. The van der Waals surface area contributed by atoms with Crippen LogP contribution in [0.15, 0.2) is 81.2 Å². The van der Waals surface area contributed by atoms with Crippen molar-refractivity contribution >= 4 is 32.2 Å². The molecule has 3 aromatic rings. The Balaban J connectivity index is 1.69. The van der Waals surface area contributed by atoms with Gasteiger partial charge in [0, 0.05) is 10.0 Å². The summed E-state index contributed by atoms with van der Waals surface area (Å²) in [7, 11) is -0.571. The molecule has 1 N–H and O–H groups in total. The highest BCUT2D eigenvalue weighted by Crippen LogP contribution is 2.23. The lowest BCUT2D eigenvalue weighted by Gasteiger charge is -2.11. The SMILES string of the molecule is COc1ccc(OCc2cc(/C=N/NS(=O)(=O)c3ccc(Br)cc3)ccc2OC)cc1. The summed E-state index contributed by atoms with van der Waals surface area (Å²) in [6, 6.07) is 18.9. The van der Waals surface area contributed by atoms with E-state index in [0.29, 0.717) is 17.1 Å². The molecule has 0 radical (unpaired) electrons. The minimum absolute atomic E-state index is 0.121. The number of benzene rings is 3. The van der Waals surface area contributed by atoms with Crippen LogP contribution in [0.25, 0.3) is 0 Å². The fourth-order valence-electron chi connectivity index (χ4n) is 2.66. The van der Waals surface area contributed by atoms with E-state index in [1.165, 1.54) is 18.3 Å². The summed E-state index contributed by atoms with van der Waals surface area (Å²) < 4.78 is 41.8. The van der Waals surface area contributed by atoms with E-state index in [1.54, 1.807) is 38.5 Å². The lowest BCUT2D eigenvalue weighted by Crippen LogP contribution is -2.18. The van der Waals surface area contributed by atoms with Crippen LogP contribution < -0.4 is 19.0 Å². The molecule has 0 aromatic heterocycles. The summed E-state index contributed by atoms with van der Waals surface area (Å²) in [6.45, 7) is 0.266. The molecule has 31 heavy (non-hydrogen) atoms. The Hall–Kier alpha value is -3.04. The number of nitrogens with one attached hydrogen (secondary N) is 1. The molecule has 7 nitrogen and oxygen atoms in total. The first-order chi connectivity index (χ1) is 14.9. The fraction of sp³-hybridized carbons (Fsp3) is 0.136. The van der Waals surface area contributed by atoms with Crippen molar-refractivity contribution in [2.45, 2.75) is 11.5 Å². The molecule has 0 saturated heterocycles. The molecule has 0 unspecified atom stereocenters. The molecular weight excluding hydrogens is 484 g/mol. The highest BCUT2D eigenvalue weighted by molar-refractivity contribution is 9.10. The monoisotopic (exact) mass is 504 g/mol. The number of ether oxygens (including phenoxy) is 3. The van der Waals surface area contributed by atoms with E-state index in [4.69, 9.17) is 14.2 Å². The van der Waals surface area contributed by atoms with Crippen LogP contribution in [0, 0.1) is 0 Å². The first-order valence-corrected chi connectivity index (χ1v) is 11.4. The van der Waals surface area contributed by atoms with Gasteiger partial charge >= 0.3 is 0 Å². The van der Waals surface area contributed by atoms with Crippen LogP contribution in [0.2, 0.25) is 0 Å². The molecule has 3 aromatic carbocycles. The van der Waals surface area contributed by atoms with Gasteiger partial charge in [0.25, 0.3) is 10.0 Å². The summed E-state index contributed by atoms with van der Waals surface area (Å²) in [6.07, 6.45) is 1.42. The van der Waals surface area contributed by atoms with Gasteiger partial charge in [0.05, 0.1) is 25.3 Å². The number of sulfonamides is 1. The van der Waals surface area contributed by atoms with Crippen molar-refractivity contribution < 1.29 is 22.6 Å². The second kappa shape index (κ2) is 10.3. The van der Waals surface area contributed by atoms with Gasteiger partial charge in [-0.3, -0.25) is 0 Å². The van der Waals surface area contributed by atoms with Crippen molar-refractivity contribution in [1.29, 1.82) is 0 Å². The predicted molar refractivity (Wildman–Crippen MR) is 122 cm³/mol. The van der Waals surface area contributed by atoms with Crippen LogP contribution in [0.1, 0.15) is 11.1 Å². The normalized spacial score (nSPS) is 11.3. The Kier molecular flexibility index (Phi) is 7.54. The van der Waals surface area contributed by atoms with Crippen LogP contribution >= 0.6 is 15.9 Å². The maximum absolute atomic E-state index is 12.3.